The van der Waals surface area contributed by atoms with Crippen LogP contribution >= 0.6 is 11.8 Å². The summed E-state index contributed by atoms with van der Waals surface area (Å²) in [6.07, 6.45) is 3.68. The van der Waals surface area contributed by atoms with Crippen molar-refractivity contribution in [3.63, 3.8) is 0 Å². The smallest absolute Gasteiger partial charge is 0.211 e. The largest absolute Gasteiger partial charge is 0.493 e. The summed E-state index contributed by atoms with van der Waals surface area (Å²) in [4.78, 5) is 0. The molecule has 0 amide bonds. The van der Waals surface area contributed by atoms with Gasteiger partial charge in [0.15, 0.2) is 17.3 Å². The Bertz CT molecular complexity index is 953. The van der Waals surface area contributed by atoms with Crippen molar-refractivity contribution in [2.75, 3.05) is 13.4 Å². The van der Waals surface area contributed by atoms with Crippen molar-refractivity contribution in [2.45, 2.75) is 25.6 Å². The second-order valence-electron chi connectivity index (χ2n) is 5.95. The molecule has 0 saturated heterocycles. The van der Waals surface area contributed by atoms with Crippen LogP contribution in [0, 0.1) is 13.8 Å². The van der Waals surface area contributed by atoms with E-state index in [1.165, 1.54) is 17.3 Å². The topological polar surface area (TPSA) is 61.5 Å². The van der Waals surface area contributed by atoms with Gasteiger partial charge in [-0.25, -0.2) is 0 Å². The fourth-order valence-electron chi connectivity index (χ4n) is 2.63. The van der Waals surface area contributed by atoms with Crippen molar-refractivity contribution in [1.82, 2.24) is 14.9 Å². The number of thioether (sulfide) groups is 1. The lowest BCUT2D eigenvalue weighted by molar-refractivity contribution is 0.284. The minimum absolute atomic E-state index is 0.449. The summed E-state index contributed by atoms with van der Waals surface area (Å²) in [5, 5.41) is 13.4. The maximum atomic E-state index is 6.09. The van der Waals surface area contributed by atoms with Crippen LogP contribution in [-0.4, -0.2) is 34.5 Å². The van der Waals surface area contributed by atoms with Crippen molar-refractivity contribution < 1.29 is 9.47 Å². The number of para-hydroxylation sites is 1. The van der Waals surface area contributed by atoms with Crippen LogP contribution in [0.15, 0.2) is 52.7 Å². The van der Waals surface area contributed by atoms with Gasteiger partial charge in [-0.1, -0.05) is 47.7 Å². The standard InChI is InChI=1S/C20H22N4O2S/c1-14-7-5-8-16(11-14)13-26-19-17(9-6-10-18(19)25-3)12-21-24-15(2)22-23-20(24)27-4/h5-12H,13H2,1-4H3/b21-12-. The quantitative estimate of drug-likeness (QED) is 0.455. The third-order valence-corrected chi connectivity index (χ3v) is 4.58. The van der Waals surface area contributed by atoms with Gasteiger partial charge in [-0.2, -0.15) is 9.78 Å². The van der Waals surface area contributed by atoms with Crippen LogP contribution in [0.5, 0.6) is 11.5 Å². The van der Waals surface area contributed by atoms with Crippen LogP contribution in [-0.2, 0) is 6.61 Å². The highest BCUT2D eigenvalue weighted by atomic mass is 32.2. The van der Waals surface area contributed by atoms with Crippen LogP contribution < -0.4 is 9.47 Å². The average Bonchev–Trinajstić information content (AvgIpc) is 3.04. The van der Waals surface area contributed by atoms with Crippen molar-refractivity contribution >= 4 is 18.0 Å². The molecule has 3 aromatic rings. The van der Waals surface area contributed by atoms with Gasteiger partial charge < -0.3 is 9.47 Å². The van der Waals surface area contributed by atoms with Crippen LogP contribution in [0.2, 0.25) is 0 Å². The second kappa shape index (κ2) is 8.73. The molecule has 0 bridgehead atoms. The first-order chi connectivity index (χ1) is 13.1. The number of methoxy groups -OCH3 is 1. The summed E-state index contributed by atoms with van der Waals surface area (Å²) >= 11 is 1.49. The van der Waals surface area contributed by atoms with E-state index in [2.05, 4.69) is 34.4 Å². The molecule has 140 valence electrons. The van der Waals surface area contributed by atoms with E-state index in [9.17, 15) is 0 Å². The summed E-state index contributed by atoms with van der Waals surface area (Å²) in [5.74, 6) is 2.04. The molecule has 0 unspecified atom stereocenters. The molecule has 0 spiro atoms. The van der Waals surface area contributed by atoms with Gasteiger partial charge in [0.1, 0.15) is 6.61 Å². The van der Waals surface area contributed by atoms with Crippen molar-refractivity contribution in [1.29, 1.82) is 0 Å². The van der Waals surface area contributed by atoms with Gasteiger partial charge in [-0.05, 0) is 37.8 Å². The summed E-state index contributed by atoms with van der Waals surface area (Å²) in [5.41, 5.74) is 3.12. The van der Waals surface area contributed by atoms with Crippen LogP contribution in [0.3, 0.4) is 0 Å². The molecule has 2 aromatic carbocycles. The Morgan fingerprint density at radius 1 is 1.15 bits per heavy atom. The van der Waals surface area contributed by atoms with E-state index < -0.39 is 0 Å². The van der Waals surface area contributed by atoms with Crippen LogP contribution in [0.4, 0.5) is 0 Å². The molecule has 0 saturated carbocycles. The number of ether oxygens (including phenoxy) is 2. The molecule has 0 radical (unpaired) electrons. The fraction of sp³-hybridized carbons (Fsp3) is 0.250. The van der Waals surface area contributed by atoms with E-state index in [-0.39, 0.29) is 0 Å². The lowest BCUT2D eigenvalue weighted by atomic mass is 10.1. The monoisotopic (exact) mass is 382 g/mol. The first-order valence-electron chi connectivity index (χ1n) is 8.48. The van der Waals surface area contributed by atoms with Gasteiger partial charge in [-0.15, -0.1) is 10.2 Å². The fourth-order valence-corrected chi connectivity index (χ4v) is 3.10. The predicted molar refractivity (Wildman–Crippen MR) is 108 cm³/mol. The maximum absolute atomic E-state index is 6.09. The Hall–Kier alpha value is -2.80. The highest BCUT2D eigenvalue weighted by molar-refractivity contribution is 7.98. The minimum atomic E-state index is 0.449. The molecule has 0 aliphatic heterocycles. The molecule has 27 heavy (non-hydrogen) atoms. The highest BCUT2D eigenvalue weighted by Crippen LogP contribution is 2.31. The summed E-state index contributed by atoms with van der Waals surface area (Å²) < 4.78 is 13.3. The molecule has 0 aliphatic rings. The van der Waals surface area contributed by atoms with Gasteiger partial charge >= 0.3 is 0 Å². The van der Waals surface area contributed by atoms with E-state index in [0.717, 1.165) is 22.1 Å². The molecule has 0 aliphatic carbocycles. The lowest BCUT2D eigenvalue weighted by Gasteiger charge is -2.13. The van der Waals surface area contributed by atoms with Gasteiger partial charge in [0.25, 0.3) is 0 Å². The number of nitrogens with zero attached hydrogens (tertiary/aromatic N) is 4. The Balaban J connectivity index is 1.89. The molecule has 1 heterocycles. The lowest BCUT2D eigenvalue weighted by Crippen LogP contribution is -2.02. The minimum Gasteiger partial charge on any atom is -0.493 e. The van der Waals surface area contributed by atoms with Crippen LogP contribution in [0.25, 0.3) is 0 Å². The average molecular weight is 382 g/mol. The van der Waals surface area contributed by atoms with E-state index in [1.54, 1.807) is 18.0 Å². The van der Waals surface area contributed by atoms with E-state index >= 15 is 0 Å². The number of aryl methyl sites for hydroxylation is 2. The Morgan fingerprint density at radius 2 is 1.96 bits per heavy atom. The molecule has 0 atom stereocenters. The van der Waals surface area contributed by atoms with E-state index in [4.69, 9.17) is 9.47 Å². The number of rotatable bonds is 7. The predicted octanol–water partition coefficient (Wildman–Crippen LogP) is 4.09. The first kappa shape index (κ1) is 19.0. The molecule has 0 N–H and O–H groups in total. The van der Waals surface area contributed by atoms with Gasteiger partial charge in [0.05, 0.1) is 13.3 Å². The third-order valence-electron chi connectivity index (χ3n) is 3.96. The molecule has 6 nitrogen and oxygen atoms in total. The molecule has 1 aromatic heterocycles. The molecular weight excluding hydrogens is 360 g/mol. The first-order valence-corrected chi connectivity index (χ1v) is 9.70. The zero-order valence-corrected chi connectivity index (χ0v) is 16.7. The van der Waals surface area contributed by atoms with Crippen molar-refractivity contribution in [2.24, 2.45) is 5.10 Å². The van der Waals surface area contributed by atoms with Crippen molar-refractivity contribution in [3.8, 4) is 11.5 Å². The Morgan fingerprint density at radius 3 is 2.70 bits per heavy atom. The number of aromatic nitrogens is 3. The number of hydrogen-bond donors (Lipinski definition) is 0. The second-order valence-corrected chi connectivity index (χ2v) is 6.72. The number of hydrogen-bond acceptors (Lipinski definition) is 6. The third kappa shape index (κ3) is 4.49. The normalized spacial score (nSPS) is 11.1. The summed E-state index contributed by atoms with van der Waals surface area (Å²) in [7, 11) is 1.63. The molecule has 0 fully saturated rings. The van der Waals surface area contributed by atoms with Gasteiger partial charge in [0.2, 0.25) is 5.16 Å². The van der Waals surface area contributed by atoms with Crippen LogP contribution in [0.1, 0.15) is 22.5 Å². The number of benzene rings is 2. The zero-order chi connectivity index (χ0) is 19.2. The molecule has 7 heteroatoms. The molecule has 3 rings (SSSR count). The molecular formula is C20H22N4O2S. The Kier molecular flexibility index (Phi) is 6.13. The maximum Gasteiger partial charge on any atom is 0.211 e. The van der Waals surface area contributed by atoms with Gasteiger partial charge in [0, 0.05) is 5.56 Å². The van der Waals surface area contributed by atoms with Crippen molar-refractivity contribution in [3.05, 3.63) is 65.0 Å². The summed E-state index contributed by atoms with van der Waals surface area (Å²) in [6, 6.07) is 14.0. The Labute approximate surface area is 163 Å². The zero-order valence-electron chi connectivity index (χ0n) is 15.8. The van der Waals surface area contributed by atoms with E-state index in [1.807, 2.05) is 43.5 Å². The van der Waals surface area contributed by atoms with Gasteiger partial charge in [-0.3, -0.25) is 0 Å². The highest BCUT2D eigenvalue weighted by Gasteiger charge is 2.11. The van der Waals surface area contributed by atoms with E-state index in [0.29, 0.717) is 18.1 Å². The summed E-state index contributed by atoms with van der Waals surface area (Å²) in [6.45, 7) is 4.38. The SMILES string of the molecule is COc1cccc(/C=N\n2c(C)nnc2SC)c1OCc1cccc(C)c1.